The summed E-state index contributed by atoms with van der Waals surface area (Å²) in [7, 11) is 0. The second kappa shape index (κ2) is 8.51. The highest BCUT2D eigenvalue weighted by molar-refractivity contribution is 5.90. The molecule has 1 fully saturated rings. The van der Waals surface area contributed by atoms with Crippen molar-refractivity contribution in [2.24, 2.45) is 5.92 Å². The van der Waals surface area contributed by atoms with Gasteiger partial charge in [-0.05, 0) is 37.3 Å². The fourth-order valence-corrected chi connectivity index (χ4v) is 2.79. The number of nitrogens with one attached hydrogen (secondary N) is 2. The zero-order valence-corrected chi connectivity index (χ0v) is 13.2. The van der Waals surface area contributed by atoms with Gasteiger partial charge in [0.15, 0.2) is 0 Å². The van der Waals surface area contributed by atoms with Crippen LogP contribution in [0.5, 0.6) is 0 Å². The van der Waals surface area contributed by atoms with Gasteiger partial charge in [-0.3, -0.25) is 9.59 Å². The first-order valence-electron chi connectivity index (χ1n) is 8.12. The number of carbonyl (C=O) groups excluding carboxylic acids is 2. The standard InChI is InChI=1S/C17H25N3O2/c1-13-7-8-15(19-12-13)20-16(21)9-10-18-17(22)11-14-5-3-2-4-6-14/h7-8,12,14H,2-6,9-11H2,1H3,(H,18,22)(H,19,20,21). The average molecular weight is 303 g/mol. The molecule has 2 N–H and O–H groups in total. The van der Waals surface area contributed by atoms with Crippen LogP contribution >= 0.6 is 0 Å². The van der Waals surface area contributed by atoms with E-state index in [1.54, 1.807) is 12.3 Å². The molecule has 0 saturated heterocycles. The summed E-state index contributed by atoms with van der Waals surface area (Å²) in [5.41, 5.74) is 1.05. The molecule has 1 aliphatic rings. The van der Waals surface area contributed by atoms with E-state index in [2.05, 4.69) is 15.6 Å². The summed E-state index contributed by atoms with van der Waals surface area (Å²) >= 11 is 0. The van der Waals surface area contributed by atoms with Gasteiger partial charge in [0.2, 0.25) is 11.8 Å². The highest BCUT2D eigenvalue weighted by atomic mass is 16.2. The summed E-state index contributed by atoms with van der Waals surface area (Å²) < 4.78 is 0. The number of anilines is 1. The van der Waals surface area contributed by atoms with Crippen LogP contribution in [0, 0.1) is 12.8 Å². The molecule has 0 unspecified atom stereocenters. The van der Waals surface area contributed by atoms with Gasteiger partial charge in [-0.2, -0.15) is 0 Å². The molecule has 2 amide bonds. The lowest BCUT2D eigenvalue weighted by molar-refractivity contribution is -0.122. The van der Waals surface area contributed by atoms with Crippen LogP contribution in [0.3, 0.4) is 0 Å². The van der Waals surface area contributed by atoms with Crippen LogP contribution in [0.1, 0.15) is 50.5 Å². The maximum atomic E-state index is 11.8. The number of carbonyl (C=O) groups is 2. The molecule has 120 valence electrons. The Morgan fingerprint density at radius 1 is 1.18 bits per heavy atom. The largest absolute Gasteiger partial charge is 0.356 e. The minimum Gasteiger partial charge on any atom is -0.356 e. The van der Waals surface area contributed by atoms with Gasteiger partial charge in [-0.15, -0.1) is 0 Å². The molecule has 1 heterocycles. The van der Waals surface area contributed by atoms with Gasteiger partial charge >= 0.3 is 0 Å². The number of pyridine rings is 1. The van der Waals surface area contributed by atoms with E-state index < -0.39 is 0 Å². The highest BCUT2D eigenvalue weighted by Crippen LogP contribution is 2.25. The van der Waals surface area contributed by atoms with Crippen molar-refractivity contribution < 1.29 is 9.59 Å². The van der Waals surface area contributed by atoms with E-state index in [0.717, 1.165) is 18.4 Å². The average Bonchev–Trinajstić information content (AvgIpc) is 2.50. The summed E-state index contributed by atoms with van der Waals surface area (Å²) in [6.07, 6.45) is 8.67. The number of hydrogen-bond donors (Lipinski definition) is 2. The second-order valence-corrected chi connectivity index (χ2v) is 6.08. The van der Waals surface area contributed by atoms with Crippen LogP contribution < -0.4 is 10.6 Å². The summed E-state index contributed by atoms with van der Waals surface area (Å²) in [4.78, 5) is 27.7. The fourth-order valence-electron chi connectivity index (χ4n) is 2.79. The number of hydrogen-bond acceptors (Lipinski definition) is 3. The molecule has 0 radical (unpaired) electrons. The van der Waals surface area contributed by atoms with Crippen molar-refractivity contribution in [1.82, 2.24) is 10.3 Å². The van der Waals surface area contributed by atoms with Crippen LogP contribution in [0.2, 0.25) is 0 Å². The first-order chi connectivity index (χ1) is 10.6. The molecule has 5 heteroatoms. The maximum Gasteiger partial charge on any atom is 0.227 e. The predicted octanol–water partition coefficient (Wildman–Crippen LogP) is 2.81. The van der Waals surface area contributed by atoms with Crippen molar-refractivity contribution >= 4 is 17.6 Å². The molecule has 1 saturated carbocycles. The quantitative estimate of drug-likeness (QED) is 0.849. The third-order valence-electron chi connectivity index (χ3n) is 4.05. The Bertz CT molecular complexity index is 493. The van der Waals surface area contributed by atoms with Gasteiger partial charge in [-0.1, -0.05) is 25.3 Å². The van der Waals surface area contributed by atoms with Crippen molar-refractivity contribution in [2.45, 2.75) is 51.9 Å². The first-order valence-corrected chi connectivity index (χ1v) is 8.12. The van der Waals surface area contributed by atoms with Gasteiger partial charge in [-0.25, -0.2) is 4.98 Å². The van der Waals surface area contributed by atoms with E-state index in [0.29, 0.717) is 24.7 Å². The van der Waals surface area contributed by atoms with Crippen LogP contribution in [-0.4, -0.2) is 23.3 Å². The lowest BCUT2D eigenvalue weighted by atomic mass is 9.87. The Hall–Kier alpha value is -1.91. The molecule has 1 aromatic rings. The Labute approximate surface area is 131 Å². The van der Waals surface area contributed by atoms with Crippen LogP contribution in [0.4, 0.5) is 5.82 Å². The van der Waals surface area contributed by atoms with Gasteiger partial charge in [0.1, 0.15) is 5.82 Å². The summed E-state index contributed by atoms with van der Waals surface area (Å²) in [5.74, 6) is 1.01. The molecule has 5 nitrogen and oxygen atoms in total. The molecule has 0 atom stereocenters. The van der Waals surface area contributed by atoms with E-state index in [4.69, 9.17) is 0 Å². The Morgan fingerprint density at radius 2 is 1.95 bits per heavy atom. The van der Waals surface area contributed by atoms with E-state index in [1.807, 2.05) is 13.0 Å². The SMILES string of the molecule is Cc1ccc(NC(=O)CCNC(=O)CC2CCCCC2)nc1. The van der Waals surface area contributed by atoms with Gasteiger partial charge < -0.3 is 10.6 Å². The normalized spacial score (nSPS) is 15.3. The maximum absolute atomic E-state index is 11.8. The summed E-state index contributed by atoms with van der Waals surface area (Å²) in [6.45, 7) is 2.32. The third-order valence-corrected chi connectivity index (χ3v) is 4.05. The van der Waals surface area contributed by atoms with Crippen molar-refractivity contribution in [3.05, 3.63) is 23.9 Å². The summed E-state index contributed by atoms with van der Waals surface area (Å²) in [6, 6.07) is 3.67. The van der Waals surface area contributed by atoms with Crippen molar-refractivity contribution in [2.75, 3.05) is 11.9 Å². The Morgan fingerprint density at radius 3 is 2.64 bits per heavy atom. The topological polar surface area (TPSA) is 71.1 Å². The zero-order valence-electron chi connectivity index (χ0n) is 13.2. The minimum absolute atomic E-state index is 0.0631. The van der Waals surface area contributed by atoms with Gasteiger partial charge in [0.25, 0.3) is 0 Å². The Balaban J connectivity index is 1.61. The third kappa shape index (κ3) is 5.84. The highest BCUT2D eigenvalue weighted by Gasteiger charge is 2.16. The number of rotatable bonds is 6. The molecule has 0 aliphatic heterocycles. The van der Waals surface area contributed by atoms with Gasteiger partial charge in [0.05, 0.1) is 0 Å². The van der Waals surface area contributed by atoms with Crippen LogP contribution in [0.15, 0.2) is 18.3 Å². The number of amides is 2. The molecule has 0 aromatic carbocycles. The molecule has 1 aliphatic carbocycles. The number of nitrogens with zero attached hydrogens (tertiary/aromatic N) is 1. The molecule has 0 spiro atoms. The molecular formula is C17H25N3O2. The smallest absolute Gasteiger partial charge is 0.227 e. The van der Waals surface area contributed by atoms with E-state index in [1.165, 1.54) is 19.3 Å². The van der Waals surface area contributed by atoms with Crippen molar-refractivity contribution in [3.8, 4) is 0 Å². The molecule has 22 heavy (non-hydrogen) atoms. The second-order valence-electron chi connectivity index (χ2n) is 6.08. The monoisotopic (exact) mass is 303 g/mol. The first kappa shape index (κ1) is 16.5. The van der Waals surface area contributed by atoms with E-state index in [-0.39, 0.29) is 18.2 Å². The van der Waals surface area contributed by atoms with Crippen molar-refractivity contribution in [3.63, 3.8) is 0 Å². The number of aryl methyl sites for hydroxylation is 1. The van der Waals surface area contributed by atoms with Crippen LogP contribution in [0.25, 0.3) is 0 Å². The molecule has 1 aromatic heterocycles. The lowest BCUT2D eigenvalue weighted by Crippen LogP contribution is -2.29. The summed E-state index contributed by atoms with van der Waals surface area (Å²) in [5, 5.41) is 5.56. The molecule has 0 bridgehead atoms. The van der Waals surface area contributed by atoms with E-state index in [9.17, 15) is 9.59 Å². The Kier molecular flexibility index (Phi) is 6.37. The number of aromatic nitrogens is 1. The predicted molar refractivity (Wildman–Crippen MR) is 86.4 cm³/mol. The fraction of sp³-hybridized carbons (Fsp3) is 0.588. The van der Waals surface area contributed by atoms with Gasteiger partial charge in [0, 0.05) is 25.6 Å². The van der Waals surface area contributed by atoms with E-state index >= 15 is 0 Å². The minimum atomic E-state index is -0.130. The lowest BCUT2D eigenvalue weighted by Gasteiger charge is -2.20. The molecular weight excluding hydrogens is 278 g/mol. The van der Waals surface area contributed by atoms with Crippen molar-refractivity contribution in [1.29, 1.82) is 0 Å². The van der Waals surface area contributed by atoms with Crippen LogP contribution in [-0.2, 0) is 9.59 Å². The zero-order chi connectivity index (χ0) is 15.8. The molecule has 2 rings (SSSR count).